The number of ketones is 2. The zero-order valence-electron chi connectivity index (χ0n) is 32.9. The van der Waals surface area contributed by atoms with Crippen LogP contribution in [0.1, 0.15) is 157 Å². The smallest absolute Gasteiger partial charge is 0.456 e. The van der Waals surface area contributed by atoms with Crippen molar-refractivity contribution >= 4 is 17.5 Å². The minimum absolute atomic E-state index is 0.0490. The molecule has 8 saturated carbocycles. The van der Waals surface area contributed by atoms with Crippen LogP contribution < -0.4 is 0 Å². The predicted octanol–water partition coefficient (Wildman–Crippen LogP) is 10.3. The summed E-state index contributed by atoms with van der Waals surface area (Å²) in [7, 11) is 0. The minimum atomic E-state index is -4.91. The second-order valence-corrected chi connectivity index (χ2v) is 20.6. The SMILES string of the molecule is CC(=O)[C@H]1CCC2C3CC[C@H]4C[C@@H](O)CC[C@]4(C)C3CC[C@@]21C.CC(=O)[C@H]1CCC2C3CC[C@H]4C[C@H](OC(=O)C(F)(F)F)CC[C@]4(C)C3CC[C@@]21C. The third kappa shape index (κ3) is 6.25. The molecular weight excluding hydrogens is 665 g/mol. The van der Waals surface area contributed by atoms with Crippen molar-refractivity contribution in [2.24, 2.45) is 80.8 Å². The topological polar surface area (TPSA) is 80.7 Å². The van der Waals surface area contributed by atoms with Crippen LogP contribution in [0.15, 0.2) is 0 Å². The second-order valence-electron chi connectivity index (χ2n) is 20.6. The highest BCUT2D eigenvalue weighted by molar-refractivity contribution is 5.80. The van der Waals surface area contributed by atoms with Crippen LogP contribution in [0.5, 0.6) is 0 Å². The van der Waals surface area contributed by atoms with Gasteiger partial charge in [-0.05, 0) is 198 Å². The predicted molar refractivity (Wildman–Crippen MR) is 194 cm³/mol. The molecule has 0 heterocycles. The van der Waals surface area contributed by atoms with E-state index in [2.05, 4.69) is 27.7 Å². The molecule has 0 bridgehead atoms. The number of aliphatic hydroxyl groups excluding tert-OH is 1. The van der Waals surface area contributed by atoms with Crippen LogP contribution >= 0.6 is 0 Å². The van der Waals surface area contributed by atoms with E-state index < -0.39 is 18.2 Å². The summed E-state index contributed by atoms with van der Waals surface area (Å²) in [6, 6.07) is 0. The molecule has 5 nitrogen and oxygen atoms in total. The molecule has 0 spiro atoms. The molecule has 52 heavy (non-hydrogen) atoms. The fraction of sp³-hybridized carbons (Fsp3) is 0.932. The number of hydrogen-bond acceptors (Lipinski definition) is 5. The van der Waals surface area contributed by atoms with Crippen molar-refractivity contribution in [2.75, 3.05) is 0 Å². The van der Waals surface area contributed by atoms with E-state index in [9.17, 15) is 32.7 Å². The first-order chi connectivity index (χ1) is 24.3. The number of carbonyl (C=O) groups is 3. The minimum Gasteiger partial charge on any atom is -0.456 e. The highest BCUT2D eigenvalue weighted by Gasteiger charge is 2.62. The summed E-state index contributed by atoms with van der Waals surface area (Å²) in [5.74, 6) is 4.55. The van der Waals surface area contributed by atoms with E-state index in [0.29, 0.717) is 59.4 Å². The van der Waals surface area contributed by atoms with Crippen molar-refractivity contribution in [3.8, 4) is 0 Å². The van der Waals surface area contributed by atoms with Crippen LogP contribution in [0.4, 0.5) is 13.2 Å². The Morgan fingerprint density at radius 3 is 1.44 bits per heavy atom. The molecule has 6 unspecified atom stereocenters. The lowest BCUT2D eigenvalue weighted by molar-refractivity contribution is -0.210. The highest BCUT2D eigenvalue weighted by atomic mass is 19.4. The van der Waals surface area contributed by atoms with Crippen molar-refractivity contribution in [1.82, 2.24) is 0 Å². The molecule has 0 aromatic rings. The molecule has 8 heteroatoms. The average Bonchev–Trinajstić information content (AvgIpc) is 3.62. The first-order valence-electron chi connectivity index (χ1n) is 21.3. The summed E-state index contributed by atoms with van der Waals surface area (Å²) >= 11 is 0. The van der Waals surface area contributed by atoms with Crippen LogP contribution in [-0.2, 0) is 19.1 Å². The largest absolute Gasteiger partial charge is 0.490 e. The van der Waals surface area contributed by atoms with Crippen molar-refractivity contribution in [2.45, 2.75) is 176 Å². The molecule has 1 N–H and O–H groups in total. The van der Waals surface area contributed by atoms with Gasteiger partial charge in [0.05, 0.1) is 6.10 Å². The molecule has 8 fully saturated rings. The van der Waals surface area contributed by atoms with Gasteiger partial charge >= 0.3 is 12.1 Å². The van der Waals surface area contributed by atoms with E-state index in [-0.39, 0.29) is 28.3 Å². The van der Waals surface area contributed by atoms with Gasteiger partial charge in [-0.2, -0.15) is 13.2 Å². The van der Waals surface area contributed by atoms with Gasteiger partial charge < -0.3 is 9.84 Å². The van der Waals surface area contributed by atoms with Gasteiger partial charge in [-0.25, -0.2) is 4.79 Å². The third-order valence-corrected chi connectivity index (χ3v) is 18.7. The maximum atomic E-state index is 12.6. The monoisotopic (exact) mass is 732 g/mol. The number of esters is 1. The van der Waals surface area contributed by atoms with Gasteiger partial charge in [0, 0.05) is 11.8 Å². The van der Waals surface area contributed by atoms with Crippen LogP contribution in [0.2, 0.25) is 0 Å². The summed E-state index contributed by atoms with van der Waals surface area (Å²) in [5.41, 5.74) is 0.970. The first-order valence-corrected chi connectivity index (χ1v) is 21.3. The van der Waals surface area contributed by atoms with Gasteiger partial charge in [0.1, 0.15) is 17.7 Å². The number of aliphatic hydroxyl groups is 1. The van der Waals surface area contributed by atoms with Gasteiger partial charge in [-0.3, -0.25) is 9.59 Å². The molecule has 0 aromatic heterocycles. The van der Waals surface area contributed by atoms with Crippen LogP contribution in [0, 0.1) is 80.8 Å². The van der Waals surface area contributed by atoms with E-state index in [1.807, 2.05) is 6.92 Å². The van der Waals surface area contributed by atoms with E-state index in [4.69, 9.17) is 4.74 Å². The Kier molecular flexibility index (Phi) is 10.2. The molecule has 8 aliphatic rings. The quantitative estimate of drug-likeness (QED) is 0.292. The number of hydrogen-bond donors (Lipinski definition) is 1. The Bertz CT molecular complexity index is 1400. The summed E-state index contributed by atoms with van der Waals surface area (Å²) < 4.78 is 42.6. The van der Waals surface area contributed by atoms with E-state index >= 15 is 0 Å². The first kappa shape index (κ1) is 38.8. The standard InChI is InChI=1S/C23H33F3O3.C21H34O2/c1-13(27)17-6-7-18-16-5-4-14-12-15(29-20(28)23(24,25)26)8-10-21(14,2)19(16)9-11-22(17,18)3;1-13(22)17-6-7-18-16-5-4-14-12-15(23)8-10-20(14,2)19(16)9-11-21(17,18)3/h14-19H,4-12H2,1-3H3;14-19,23H,4-12H2,1-3H3/t14-,15+,16?,17+,18?,19?,21-,22+;14-,15-,16?,17+,18?,19?,20-,21+/m00/s1. The third-order valence-electron chi connectivity index (χ3n) is 18.7. The lowest BCUT2D eigenvalue weighted by Crippen LogP contribution is -2.54. The number of carbonyl (C=O) groups excluding carboxylic acids is 3. The molecular formula is C44H67F3O5. The maximum Gasteiger partial charge on any atom is 0.490 e. The highest BCUT2D eigenvalue weighted by Crippen LogP contribution is 2.69. The van der Waals surface area contributed by atoms with Crippen molar-refractivity contribution < 1.29 is 37.4 Å². The fourth-order valence-corrected chi connectivity index (χ4v) is 16.1. The zero-order valence-corrected chi connectivity index (χ0v) is 32.9. The van der Waals surface area contributed by atoms with E-state index in [0.717, 1.165) is 87.9 Å². The summed E-state index contributed by atoms with van der Waals surface area (Å²) in [6.45, 7) is 13.2. The normalized spacial score (nSPS) is 50.8. The summed E-state index contributed by atoms with van der Waals surface area (Å²) in [6.07, 6.45) is 13.7. The molecule has 0 aromatic carbocycles. The summed E-state index contributed by atoms with van der Waals surface area (Å²) in [4.78, 5) is 35.7. The van der Waals surface area contributed by atoms with Crippen LogP contribution in [0.3, 0.4) is 0 Å². The maximum absolute atomic E-state index is 12.6. The number of rotatable bonds is 3. The molecule has 0 saturated heterocycles. The molecule has 8 rings (SSSR count). The lowest BCUT2D eigenvalue weighted by atomic mass is 9.44. The van der Waals surface area contributed by atoms with Crippen molar-refractivity contribution in [3.63, 3.8) is 0 Å². The van der Waals surface area contributed by atoms with E-state index in [1.165, 1.54) is 38.5 Å². The Labute approximate surface area is 310 Å². The number of Topliss-reactive ketones (excluding diaryl/α,β-unsaturated/α-hetero) is 2. The van der Waals surface area contributed by atoms with Crippen molar-refractivity contribution in [3.05, 3.63) is 0 Å². The van der Waals surface area contributed by atoms with Gasteiger partial charge in [0.2, 0.25) is 0 Å². The average molecular weight is 733 g/mol. The van der Waals surface area contributed by atoms with Gasteiger partial charge in [-0.15, -0.1) is 0 Å². The van der Waals surface area contributed by atoms with Gasteiger partial charge in [-0.1, -0.05) is 27.7 Å². The lowest BCUT2D eigenvalue weighted by Gasteiger charge is -2.61. The van der Waals surface area contributed by atoms with Crippen LogP contribution in [-0.4, -0.2) is 41.0 Å². The fourth-order valence-electron chi connectivity index (χ4n) is 16.1. The van der Waals surface area contributed by atoms with Gasteiger partial charge in [0.25, 0.3) is 0 Å². The molecule has 0 radical (unpaired) electrons. The van der Waals surface area contributed by atoms with Gasteiger partial charge in [0.15, 0.2) is 0 Å². The Balaban J connectivity index is 0.000000166. The molecule has 0 aliphatic heterocycles. The number of halogens is 3. The number of fused-ring (bicyclic) bond motifs is 10. The Morgan fingerprint density at radius 1 is 0.558 bits per heavy atom. The zero-order chi connectivity index (χ0) is 37.6. The second kappa shape index (κ2) is 13.6. The molecule has 16 atom stereocenters. The van der Waals surface area contributed by atoms with E-state index in [1.54, 1.807) is 6.92 Å². The number of ether oxygens (including phenoxy) is 1. The Morgan fingerprint density at radius 2 is 0.981 bits per heavy atom. The van der Waals surface area contributed by atoms with Crippen LogP contribution in [0.25, 0.3) is 0 Å². The molecule has 294 valence electrons. The number of alkyl halides is 3. The summed E-state index contributed by atoms with van der Waals surface area (Å²) in [5, 5.41) is 10.1. The van der Waals surface area contributed by atoms with Crippen molar-refractivity contribution in [1.29, 1.82) is 0 Å². The molecule has 8 aliphatic carbocycles. The Hall–Kier alpha value is -1.44. The molecule has 0 amide bonds.